The summed E-state index contributed by atoms with van der Waals surface area (Å²) in [5, 5.41) is 3.34. The van der Waals surface area contributed by atoms with Crippen LogP contribution in [-0.4, -0.2) is 18.6 Å². The third-order valence-corrected chi connectivity index (χ3v) is 3.15. The summed E-state index contributed by atoms with van der Waals surface area (Å²) >= 11 is 0. The van der Waals surface area contributed by atoms with Crippen molar-refractivity contribution in [2.75, 3.05) is 13.7 Å². The number of benzene rings is 1. The fraction of sp³-hybridized carbons (Fsp3) is 0.312. The average Bonchev–Trinajstić information content (AvgIpc) is 2.44. The highest BCUT2D eigenvalue weighted by Gasteiger charge is 2.16. The van der Waals surface area contributed by atoms with E-state index in [2.05, 4.69) is 10.3 Å². The molecular weight excluding hydrogens is 255 g/mol. The second kappa shape index (κ2) is 6.48. The van der Waals surface area contributed by atoms with Gasteiger partial charge >= 0.3 is 0 Å². The third-order valence-electron chi connectivity index (χ3n) is 3.15. The Labute approximate surface area is 118 Å². The number of pyridine rings is 1. The number of nitrogens with one attached hydrogen (secondary N) is 1. The lowest BCUT2D eigenvalue weighted by Crippen LogP contribution is -2.23. The minimum absolute atomic E-state index is 0.125. The van der Waals surface area contributed by atoms with Crippen LogP contribution in [0.15, 0.2) is 36.5 Å². The van der Waals surface area contributed by atoms with E-state index in [1.807, 2.05) is 32.0 Å². The molecule has 106 valence electrons. The van der Waals surface area contributed by atoms with Gasteiger partial charge in [-0.15, -0.1) is 0 Å². The summed E-state index contributed by atoms with van der Waals surface area (Å²) in [4.78, 5) is 4.39. The molecule has 2 rings (SSSR count). The summed E-state index contributed by atoms with van der Waals surface area (Å²) < 4.78 is 18.8. The molecular formula is C16H19FN2O. The van der Waals surface area contributed by atoms with Crippen molar-refractivity contribution in [1.29, 1.82) is 0 Å². The second-order valence-electron chi connectivity index (χ2n) is 4.64. The zero-order valence-electron chi connectivity index (χ0n) is 12.0. The zero-order valence-corrected chi connectivity index (χ0v) is 12.0. The van der Waals surface area contributed by atoms with E-state index in [-0.39, 0.29) is 17.6 Å². The Kier molecular flexibility index (Phi) is 4.69. The number of rotatable bonds is 5. The van der Waals surface area contributed by atoms with Crippen LogP contribution >= 0.6 is 0 Å². The number of ether oxygens (including phenoxy) is 1. The molecule has 1 unspecified atom stereocenters. The molecule has 0 saturated heterocycles. The van der Waals surface area contributed by atoms with Crippen molar-refractivity contribution in [3.05, 3.63) is 59.2 Å². The molecule has 20 heavy (non-hydrogen) atoms. The molecule has 3 nitrogen and oxygen atoms in total. The summed E-state index contributed by atoms with van der Waals surface area (Å²) in [5.74, 6) is -0.109. The lowest BCUT2D eigenvalue weighted by molar-refractivity contribution is 0.385. The van der Waals surface area contributed by atoms with Crippen molar-refractivity contribution >= 4 is 0 Å². The van der Waals surface area contributed by atoms with E-state index in [0.717, 1.165) is 23.4 Å². The maximum atomic E-state index is 13.9. The monoisotopic (exact) mass is 274 g/mol. The molecule has 0 spiro atoms. The normalized spacial score (nSPS) is 12.2. The van der Waals surface area contributed by atoms with Gasteiger partial charge in [-0.2, -0.15) is 0 Å². The number of aromatic nitrogens is 1. The molecule has 0 amide bonds. The SMILES string of the molecule is CCNC(c1ccc(OC)c(F)c1)c1cc(C)ccn1. The van der Waals surface area contributed by atoms with Crippen molar-refractivity contribution in [2.45, 2.75) is 19.9 Å². The van der Waals surface area contributed by atoms with Gasteiger partial charge in [0.2, 0.25) is 0 Å². The predicted octanol–water partition coefficient (Wildman–Crippen LogP) is 3.24. The molecule has 0 aliphatic heterocycles. The quantitative estimate of drug-likeness (QED) is 0.909. The van der Waals surface area contributed by atoms with Gasteiger partial charge in [-0.25, -0.2) is 4.39 Å². The molecule has 4 heteroatoms. The summed E-state index contributed by atoms with van der Waals surface area (Å²) in [6.45, 7) is 4.80. The lowest BCUT2D eigenvalue weighted by atomic mass is 10.0. The maximum absolute atomic E-state index is 13.9. The molecule has 1 atom stereocenters. The van der Waals surface area contributed by atoms with Crippen LogP contribution in [0.1, 0.15) is 29.8 Å². The largest absolute Gasteiger partial charge is 0.494 e. The zero-order chi connectivity index (χ0) is 14.5. The van der Waals surface area contributed by atoms with Crippen molar-refractivity contribution in [2.24, 2.45) is 0 Å². The molecule has 1 heterocycles. The summed E-state index contributed by atoms with van der Waals surface area (Å²) in [7, 11) is 1.46. The number of hydrogen-bond donors (Lipinski definition) is 1. The fourth-order valence-corrected chi connectivity index (χ4v) is 2.18. The molecule has 2 aromatic rings. The minimum Gasteiger partial charge on any atom is -0.494 e. The van der Waals surface area contributed by atoms with E-state index >= 15 is 0 Å². The molecule has 0 aliphatic rings. The van der Waals surface area contributed by atoms with Gasteiger partial charge in [0.05, 0.1) is 18.8 Å². The van der Waals surface area contributed by atoms with Crippen LogP contribution in [0.2, 0.25) is 0 Å². The van der Waals surface area contributed by atoms with E-state index in [1.54, 1.807) is 12.3 Å². The van der Waals surface area contributed by atoms with E-state index in [4.69, 9.17) is 4.74 Å². The Balaban J connectivity index is 2.40. The highest BCUT2D eigenvalue weighted by atomic mass is 19.1. The number of halogens is 1. The van der Waals surface area contributed by atoms with Gasteiger partial charge < -0.3 is 10.1 Å². The van der Waals surface area contributed by atoms with Crippen molar-refractivity contribution in [3.8, 4) is 5.75 Å². The molecule has 1 aromatic heterocycles. The van der Waals surface area contributed by atoms with Crippen LogP contribution in [-0.2, 0) is 0 Å². The first kappa shape index (κ1) is 14.5. The molecule has 1 aromatic carbocycles. The Morgan fingerprint density at radius 1 is 1.30 bits per heavy atom. The Morgan fingerprint density at radius 3 is 2.70 bits per heavy atom. The van der Waals surface area contributed by atoms with E-state index in [0.29, 0.717) is 0 Å². The van der Waals surface area contributed by atoms with E-state index < -0.39 is 0 Å². The lowest BCUT2D eigenvalue weighted by Gasteiger charge is -2.19. The third kappa shape index (κ3) is 3.14. The van der Waals surface area contributed by atoms with Crippen LogP contribution in [0.25, 0.3) is 0 Å². The predicted molar refractivity (Wildman–Crippen MR) is 77.4 cm³/mol. The number of hydrogen-bond acceptors (Lipinski definition) is 3. The van der Waals surface area contributed by atoms with Crippen LogP contribution < -0.4 is 10.1 Å². The first-order valence-corrected chi connectivity index (χ1v) is 6.65. The number of methoxy groups -OCH3 is 1. The summed E-state index contributed by atoms with van der Waals surface area (Å²) in [5.41, 5.74) is 2.85. The van der Waals surface area contributed by atoms with Gasteiger partial charge in [-0.3, -0.25) is 4.98 Å². The Bertz CT molecular complexity index is 586. The van der Waals surface area contributed by atoms with Crippen LogP contribution in [0, 0.1) is 12.7 Å². The fourth-order valence-electron chi connectivity index (χ4n) is 2.18. The first-order valence-electron chi connectivity index (χ1n) is 6.65. The number of aryl methyl sites for hydroxylation is 1. The second-order valence-corrected chi connectivity index (χ2v) is 4.64. The molecule has 0 bridgehead atoms. The van der Waals surface area contributed by atoms with Crippen molar-refractivity contribution in [3.63, 3.8) is 0 Å². The van der Waals surface area contributed by atoms with Crippen LogP contribution in [0.4, 0.5) is 4.39 Å². The minimum atomic E-state index is -0.361. The Hall–Kier alpha value is -1.94. The molecule has 1 N–H and O–H groups in total. The van der Waals surface area contributed by atoms with Crippen molar-refractivity contribution in [1.82, 2.24) is 10.3 Å². The first-order chi connectivity index (χ1) is 9.65. The van der Waals surface area contributed by atoms with Crippen molar-refractivity contribution < 1.29 is 9.13 Å². The molecule has 0 fully saturated rings. The smallest absolute Gasteiger partial charge is 0.165 e. The number of nitrogens with zero attached hydrogens (tertiary/aromatic N) is 1. The van der Waals surface area contributed by atoms with Crippen LogP contribution in [0.3, 0.4) is 0 Å². The highest BCUT2D eigenvalue weighted by Crippen LogP contribution is 2.25. The van der Waals surface area contributed by atoms with Gasteiger partial charge in [0, 0.05) is 6.20 Å². The average molecular weight is 274 g/mol. The topological polar surface area (TPSA) is 34.1 Å². The molecule has 0 radical (unpaired) electrons. The summed E-state index contributed by atoms with van der Waals surface area (Å²) in [6.07, 6.45) is 1.77. The molecule has 0 aliphatic carbocycles. The highest BCUT2D eigenvalue weighted by molar-refractivity contribution is 5.35. The van der Waals surface area contributed by atoms with Crippen LogP contribution in [0.5, 0.6) is 5.75 Å². The van der Waals surface area contributed by atoms with Gasteiger partial charge in [0.15, 0.2) is 11.6 Å². The van der Waals surface area contributed by atoms with Gasteiger partial charge in [0.1, 0.15) is 0 Å². The van der Waals surface area contributed by atoms with E-state index in [9.17, 15) is 4.39 Å². The standard InChI is InChI=1S/C16H19FN2O/c1-4-18-16(14-9-11(2)7-8-19-14)12-5-6-15(20-3)13(17)10-12/h5-10,16,18H,4H2,1-3H3. The molecule has 0 saturated carbocycles. The summed E-state index contributed by atoms with van der Waals surface area (Å²) in [6, 6.07) is 8.83. The van der Waals surface area contributed by atoms with Gasteiger partial charge in [-0.05, 0) is 48.9 Å². The van der Waals surface area contributed by atoms with Gasteiger partial charge in [0.25, 0.3) is 0 Å². The van der Waals surface area contributed by atoms with E-state index in [1.165, 1.54) is 13.2 Å². The van der Waals surface area contributed by atoms with Gasteiger partial charge in [-0.1, -0.05) is 13.0 Å². The Morgan fingerprint density at radius 2 is 2.10 bits per heavy atom. The maximum Gasteiger partial charge on any atom is 0.165 e.